The van der Waals surface area contributed by atoms with Crippen molar-refractivity contribution in [2.45, 2.75) is 32.7 Å². The fourth-order valence-electron chi connectivity index (χ4n) is 4.13. The van der Waals surface area contributed by atoms with Gasteiger partial charge in [0.2, 0.25) is 0 Å². The van der Waals surface area contributed by atoms with E-state index in [2.05, 4.69) is 12.2 Å². The molecule has 4 nitrogen and oxygen atoms in total. The SMILES string of the molecule is CCCC(NC(=O)c1c(-c2ccc(C)cc2F)nc(-c2ccccc2)n1C)c1ccccc1. The highest BCUT2D eigenvalue weighted by Crippen LogP contribution is 2.31. The van der Waals surface area contributed by atoms with Gasteiger partial charge in [0.05, 0.1) is 6.04 Å². The second-order valence-electron chi connectivity index (χ2n) is 8.27. The Balaban J connectivity index is 1.82. The van der Waals surface area contributed by atoms with E-state index in [9.17, 15) is 9.18 Å². The van der Waals surface area contributed by atoms with Crippen LogP contribution >= 0.6 is 0 Å². The fourth-order valence-corrected chi connectivity index (χ4v) is 4.13. The van der Waals surface area contributed by atoms with Gasteiger partial charge >= 0.3 is 0 Å². The third-order valence-electron chi connectivity index (χ3n) is 5.81. The number of halogens is 1. The summed E-state index contributed by atoms with van der Waals surface area (Å²) in [5.74, 6) is -0.0538. The van der Waals surface area contributed by atoms with Crippen molar-refractivity contribution in [1.29, 1.82) is 0 Å². The van der Waals surface area contributed by atoms with Gasteiger partial charge in [-0.25, -0.2) is 9.37 Å². The minimum atomic E-state index is -0.394. The zero-order valence-corrected chi connectivity index (χ0v) is 19.2. The van der Waals surface area contributed by atoms with E-state index in [1.807, 2.05) is 73.7 Å². The van der Waals surface area contributed by atoms with Gasteiger partial charge in [0.1, 0.15) is 23.0 Å². The van der Waals surface area contributed by atoms with Gasteiger partial charge in [-0.3, -0.25) is 4.79 Å². The van der Waals surface area contributed by atoms with Crippen molar-refractivity contribution in [3.63, 3.8) is 0 Å². The predicted molar refractivity (Wildman–Crippen MR) is 130 cm³/mol. The molecule has 1 unspecified atom stereocenters. The minimum Gasteiger partial charge on any atom is -0.344 e. The molecule has 5 heteroatoms. The van der Waals surface area contributed by atoms with Crippen LogP contribution in [-0.4, -0.2) is 15.5 Å². The van der Waals surface area contributed by atoms with Gasteiger partial charge in [0, 0.05) is 18.2 Å². The molecule has 1 amide bonds. The zero-order chi connectivity index (χ0) is 23.4. The Morgan fingerprint density at radius 2 is 1.70 bits per heavy atom. The second kappa shape index (κ2) is 9.82. The maximum Gasteiger partial charge on any atom is 0.270 e. The van der Waals surface area contributed by atoms with Crippen LogP contribution in [0.4, 0.5) is 4.39 Å². The summed E-state index contributed by atoms with van der Waals surface area (Å²) in [4.78, 5) is 18.4. The molecule has 0 radical (unpaired) electrons. The van der Waals surface area contributed by atoms with Gasteiger partial charge < -0.3 is 9.88 Å². The summed E-state index contributed by atoms with van der Waals surface area (Å²) in [7, 11) is 1.80. The van der Waals surface area contributed by atoms with E-state index in [-0.39, 0.29) is 11.9 Å². The third kappa shape index (κ3) is 4.72. The number of hydrogen-bond acceptors (Lipinski definition) is 2. The Hall–Kier alpha value is -3.73. The van der Waals surface area contributed by atoms with Gasteiger partial charge in [-0.2, -0.15) is 0 Å². The number of carbonyl (C=O) groups excluding carboxylic acids is 1. The Labute approximate surface area is 194 Å². The number of aryl methyl sites for hydroxylation is 1. The van der Waals surface area contributed by atoms with Crippen LogP contribution in [0.3, 0.4) is 0 Å². The molecule has 3 aromatic carbocycles. The van der Waals surface area contributed by atoms with Crippen molar-refractivity contribution >= 4 is 5.91 Å². The van der Waals surface area contributed by atoms with E-state index in [1.54, 1.807) is 17.7 Å². The second-order valence-corrected chi connectivity index (χ2v) is 8.27. The van der Waals surface area contributed by atoms with Crippen molar-refractivity contribution in [2.24, 2.45) is 7.05 Å². The maximum absolute atomic E-state index is 15.0. The lowest BCUT2D eigenvalue weighted by atomic mass is 10.0. The van der Waals surface area contributed by atoms with Crippen molar-refractivity contribution in [3.05, 3.63) is 102 Å². The summed E-state index contributed by atoms with van der Waals surface area (Å²) in [6, 6.07) is 24.4. The first-order valence-electron chi connectivity index (χ1n) is 11.2. The Kier molecular flexibility index (Phi) is 6.68. The highest BCUT2D eigenvalue weighted by molar-refractivity contribution is 5.99. The Morgan fingerprint density at radius 3 is 2.33 bits per heavy atom. The molecule has 0 saturated heterocycles. The number of imidazole rings is 1. The molecule has 1 aromatic heterocycles. The summed E-state index contributed by atoms with van der Waals surface area (Å²) in [6.45, 7) is 3.93. The van der Waals surface area contributed by atoms with Crippen LogP contribution < -0.4 is 5.32 Å². The van der Waals surface area contributed by atoms with Crippen molar-refractivity contribution < 1.29 is 9.18 Å². The van der Waals surface area contributed by atoms with Crippen molar-refractivity contribution in [2.75, 3.05) is 0 Å². The fraction of sp³-hybridized carbons (Fsp3) is 0.214. The smallest absolute Gasteiger partial charge is 0.270 e. The molecule has 0 spiro atoms. The first kappa shape index (κ1) is 22.5. The molecule has 0 fully saturated rings. The van der Waals surface area contributed by atoms with Crippen LogP contribution in [0.5, 0.6) is 0 Å². The predicted octanol–water partition coefficient (Wildman–Crippen LogP) is 6.47. The number of amides is 1. The van der Waals surface area contributed by atoms with Gasteiger partial charge in [-0.15, -0.1) is 0 Å². The molecule has 1 atom stereocenters. The zero-order valence-electron chi connectivity index (χ0n) is 19.2. The van der Waals surface area contributed by atoms with Crippen molar-refractivity contribution in [1.82, 2.24) is 14.9 Å². The molecule has 0 bridgehead atoms. The minimum absolute atomic E-state index is 0.144. The van der Waals surface area contributed by atoms with Crippen LogP contribution in [0.2, 0.25) is 0 Å². The highest BCUT2D eigenvalue weighted by Gasteiger charge is 2.26. The van der Waals surface area contributed by atoms with Gasteiger partial charge in [0.15, 0.2) is 0 Å². The van der Waals surface area contributed by atoms with Gasteiger partial charge in [-0.05, 0) is 36.6 Å². The number of nitrogens with one attached hydrogen (secondary N) is 1. The Bertz CT molecular complexity index is 1250. The molecule has 1 heterocycles. The van der Waals surface area contributed by atoms with E-state index in [1.165, 1.54) is 6.07 Å². The van der Waals surface area contributed by atoms with E-state index in [0.717, 1.165) is 29.5 Å². The first-order chi connectivity index (χ1) is 16.0. The first-order valence-corrected chi connectivity index (χ1v) is 11.2. The molecule has 4 aromatic rings. The monoisotopic (exact) mass is 441 g/mol. The lowest BCUT2D eigenvalue weighted by Crippen LogP contribution is -2.30. The molecule has 0 aliphatic carbocycles. The topological polar surface area (TPSA) is 46.9 Å². The largest absolute Gasteiger partial charge is 0.344 e. The molecule has 0 aliphatic heterocycles. The third-order valence-corrected chi connectivity index (χ3v) is 5.81. The number of aromatic nitrogens is 2. The van der Waals surface area contributed by atoms with Crippen LogP contribution in [0.1, 0.15) is 47.4 Å². The average Bonchev–Trinajstić information content (AvgIpc) is 3.16. The van der Waals surface area contributed by atoms with Gasteiger partial charge in [0.25, 0.3) is 5.91 Å². The molecule has 168 valence electrons. The van der Waals surface area contributed by atoms with Crippen LogP contribution in [-0.2, 0) is 7.05 Å². The van der Waals surface area contributed by atoms with E-state index < -0.39 is 5.82 Å². The average molecular weight is 442 g/mol. The molecule has 1 N–H and O–H groups in total. The summed E-state index contributed by atoms with van der Waals surface area (Å²) in [5.41, 5.74) is 3.72. The van der Waals surface area contributed by atoms with Gasteiger partial charge in [-0.1, -0.05) is 80.1 Å². The molecule has 0 saturated carbocycles. The number of hydrogen-bond donors (Lipinski definition) is 1. The molecular formula is C28H28FN3O. The molecule has 4 rings (SSSR count). The van der Waals surface area contributed by atoms with Crippen LogP contribution in [0.25, 0.3) is 22.6 Å². The Morgan fingerprint density at radius 1 is 1.03 bits per heavy atom. The summed E-state index contributed by atoms with van der Waals surface area (Å²) < 4.78 is 16.7. The van der Waals surface area contributed by atoms with E-state index >= 15 is 0 Å². The number of nitrogens with zero attached hydrogens (tertiary/aromatic N) is 2. The highest BCUT2D eigenvalue weighted by atomic mass is 19.1. The van der Waals surface area contributed by atoms with E-state index in [0.29, 0.717) is 22.8 Å². The summed E-state index contributed by atoms with van der Waals surface area (Å²) in [6.07, 6.45) is 1.72. The lowest BCUT2D eigenvalue weighted by molar-refractivity contribution is 0.0927. The normalized spacial score (nSPS) is 11.9. The molecule has 0 aliphatic rings. The molecule has 33 heavy (non-hydrogen) atoms. The summed E-state index contributed by atoms with van der Waals surface area (Å²) >= 11 is 0. The van der Waals surface area contributed by atoms with Crippen molar-refractivity contribution in [3.8, 4) is 22.6 Å². The summed E-state index contributed by atoms with van der Waals surface area (Å²) in [5, 5.41) is 3.17. The number of rotatable bonds is 7. The number of carbonyl (C=O) groups is 1. The maximum atomic E-state index is 15.0. The lowest BCUT2D eigenvalue weighted by Gasteiger charge is -2.19. The van der Waals surface area contributed by atoms with Crippen LogP contribution in [0.15, 0.2) is 78.9 Å². The number of benzene rings is 3. The molecular weight excluding hydrogens is 413 g/mol. The quantitative estimate of drug-likeness (QED) is 0.357. The standard InChI is InChI=1S/C28H28FN3O/c1-4-11-24(20-12-7-5-8-13-20)30-28(33)26-25(22-17-16-19(2)18-23(22)29)31-27(32(26)3)21-14-9-6-10-15-21/h5-10,12-18,24H,4,11H2,1-3H3,(H,30,33). The van der Waals surface area contributed by atoms with Crippen LogP contribution in [0, 0.1) is 12.7 Å². The van der Waals surface area contributed by atoms with E-state index in [4.69, 9.17) is 4.98 Å².